The van der Waals surface area contributed by atoms with Crippen LogP contribution in [0.15, 0.2) is 12.7 Å². The normalized spacial score (nSPS) is 36.1. The van der Waals surface area contributed by atoms with Crippen molar-refractivity contribution in [3.63, 3.8) is 0 Å². The zero-order valence-corrected chi connectivity index (χ0v) is 14.9. The fourth-order valence-corrected chi connectivity index (χ4v) is 3.82. The summed E-state index contributed by atoms with van der Waals surface area (Å²) in [4.78, 5) is 23.5. The Kier molecular flexibility index (Phi) is 4.51. The number of rotatable bonds is 2. The van der Waals surface area contributed by atoms with Gasteiger partial charge in [-0.15, -0.1) is 0 Å². The van der Waals surface area contributed by atoms with Crippen LogP contribution < -0.4 is 40.2 Å². The van der Waals surface area contributed by atoms with Crippen LogP contribution >= 0.6 is 7.82 Å². The molecule has 0 saturated carbocycles. The van der Waals surface area contributed by atoms with Gasteiger partial charge in [0.15, 0.2) is 17.7 Å². The Morgan fingerprint density at radius 3 is 2.83 bits per heavy atom. The molecule has 2 aromatic heterocycles. The largest absolute Gasteiger partial charge is 1.00 e. The van der Waals surface area contributed by atoms with E-state index in [0.29, 0.717) is 11.2 Å². The van der Waals surface area contributed by atoms with E-state index in [9.17, 15) is 14.6 Å². The van der Waals surface area contributed by atoms with Crippen LogP contribution in [0.4, 0.5) is 5.82 Å². The van der Waals surface area contributed by atoms with Crippen LogP contribution in [0.2, 0.25) is 0 Å². The summed E-state index contributed by atoms with van der Waals surface area (Å²) < 4.78 is 28.4. The van der Waals surface area contributed by atoms with Gasteiger partial charge < -0.3 is 29.5 Å². The van der Waals surface area contributed by atoms with Gasteiger partial charge in [-0.05, 0) is 0 Å². The smallest absolute Gasteiger partial charge is 0.756 e. The van der Waals surface area contributed by atoms with Crippen molar-refractivity contribution in [3.05, 3.63) is 12.7 Å². The number of anilines is 1. The van der Waals surface area contributed by atoms with E-state index in [1.165, 1.54) is 17.2 Å². The molecule has 0 amide bonds. The van der Waals surface area contributed by atoms with Crippen LogP contribution in [0.3, 0.4) is 0 Å². The Morgan fingerprint density at radius 2 is 2.09 bits per heavy atom. The minimum atomic E-state index is -4.41. The van der Waals surface area contributed by atoms with Gasteiger partial charge in [0.2, 0.25) is 0 Å². The maximum absolute atomic E-state index is 11.5. The molecule has 4 rings (SSSR count). The molecule has 0 spiro atoms. The average molecular weight is 351 g/mol. The topological polar surface area (TPSA) is 158 Å². The summed E-state index contributed by atoms with van der Waals surface area (Å²) in [7, 11) is -4.41. The Balaban J connectivity index is 0.00000156. The van der Waals surface area contributed by atoms with Crippen LogP contribution in [-0.4, -0.2) is 49.5 Å². The molecule has 2 aliphatic heterocycles. The molecule has 13 heteroatoms. The minimum Gasteiger partial charge on any atom is -0.756 e. The summed E-state index contributed by atoms with van der Waals surface area (Å²) in [5, 5.41) is 9.33. The Morgan fingerprint density at radius 1 is 1.35 bits per heavy atom. The van der Waals surface area contributed by atoms with Crippen molar-refractivity contribution in [2.45, 2.75) is 24.5 Å². The number of phosphoric acid groups is 1. The Hall–Kier alpha value is -0.620. The SMILES string of the molecule is Nc1ncnc2c1ncn2[C@@H]1O[C@H](CO)[C@H]2OP(=O)([O-])O[C@H]21.[Na+]. The number of nitrogens with zero attached hydrogens (tertiary/aromatic N) is 4. The number of fused-ring (bicyclic) bond motifs is 2. The maximum Gasteiger partial charge on any atom is 1.00 e. The van der Waals surface area contributed by atoms with Gasteiger partial charge in [-0.2, -0.15) is 0 Å². The number of imidazole rings is 1. The van der Waals surface area contributed by atoms with Crippen LogP contribution in [0.1, 0.15) is 6.23 Å². The van der Waals surface area contributed by atoms with Gasteiger partial charge in [0.25, 0.3) is 7.82 Å². The summed E-state index contributed by atoms with van der Waals surface area (Å²) in [5.41, 5.74) is 6.44. The van der Waals surface area contributed by atoms with Crippen molar-refractivity contribution < 1.29 is 57.9 Å². The monoisotopic (exact) mass is 351 g/mol. The van der Waals surface area contributed by atoms with Gasteiger partial charge in [-0.25, -0.2) is 15.0 Å². The predicted octanol–water partition coefficient (Wildman–Crippen LogP) is -4.45. The first-order chi connectivity index (χ1) is 10.5. The molecule has 3 N–H and O–H groups in total. The summed E-state index contributed by atoms with van der Waals surface area (Å²) >= 11 is 0. The minimum absolute atomic E-state index is 0. The van der Waals surface area contributed by atoms with E-state index in [-0.39, 0.29) is 35.4 Å². The zero-order valence-electron chi connectivity index (χ0n) is 12.0. The second-order valence-corrected chi connectivity index (χ2v) is 6.23. The second-order valence-electron chi connectivity index (χ2n) is 4.92. The van der Waals surface area contributed by atoms with Crippen LogP contribution in [0.5, 0.6) is 0 Å². The van der Waals surface area contributed by atoms with E-state index < -0.39 is 39.0 Å². The first kappa shape index (κ1) is 17.2. The van der Waals surface area contributed by atoms with Crippen molar-refractivity contribution in [1.82, 2.24) is 19.5 Å². The Labute approximate surface area is 151 Å². The van der Waals surface area contributed by atoms with Crippen molar-refractivity contribution in [3.8, 4) is 0 Å². The average Bonchev–Trinajstić information content (AvgIpc) is 3.10. The summed E-state index contributed by atoms with van der Waals surface area (Å²) in [6.45, 7) is -0.412. The summed E-state index contributed by atoms with van der Waals surface area (Å²) in [6, 6.07) is 0. The van der Waals surface area contributed by atoms with Gasteiger partial charge in [0, 0.05) is 0 Å². The molecule has 0 radical (unpaired) electrons. The molecule has 11 nitrogen and oxygen atoms in total. The van der Waals surface area contributed by atoms with Crippen molar-refractivity contribution in [2.75, 3.05) is 12.3 Å². The van der Waals surface area contributed by atoms with Crippen LogP contribution in [0.25, 0.3) is 11.2 Å². The molecule has 2 saturated heterocycles. The summed E-state index contributed by atoms with van der Waals surface area (Å²) in [5.74, 6) is 0.190. The van der Waals surface area contributed by atoms with Gasteiger partial charge in [0.1, 0.15) is 30.2 Å². The molecular weight excluding hydrogens is 340 g/mol. The number of hydrogen-bond donors (Lipinski definition) is 2. The number of aliphatic hydroxyl groups excluding tert-OH is 1. The molecule has 2 fully saturated rings. The molecule has 4 heterocycles. The van der Waals surface area contributed by atoms with E-state index in [1.54, 1.807) is 0 Å². The number of ether oxygens (including phenoxy) is 1. The van der Waals surface area contributed by atoms with E-state index in [2.05, 4.69) is 15.0 Å². The van der Waals surface area contributed by atoms with Crippen LogP contribution in [-0.2, 0) is 18.3 Å². The fourth-order valence-electron chi connectivity index (χ4n) is 2.70. The van der Waals surface area contributed by atoms with Gasteiger partial charge in [-0.3, -0.25) is 9.13 Å². The molecule has 2 aromatic rings. The third kappa shape index (κ3) is 2.72. The fraction of sp³-hybridized carbons (Fsp3) is 0.500. The van der Waals surface area contributed by atoms with E-state index in [4.69, 9.17) is 19.5 Å². The quantitative estimate of drug-likeness (QED) is 0.399. The first-order valence-electron chi connectivity index (χ1n) is 6.37. The third-order valence-electron chi connectivity index (χ3n) is 3.63. The first-order valence-corrected chi connectivity index (χ1v) is 7.83. The molecular formula is C10H11N5NaO6P. The van der Waals surface area contributed by atoms with Gasteiger partial charge in [0.05, 0.1) is 12.9 Å². The van der Waals surface area contributed by atoms with Gasteiger partial charge in [-0.1, -0.05) is 0 Å². The standard InChI is InChI=1S/C10H12N5O6P.Na/c11-8-5-9(13-2-12-8)15(3-14-5)10-7-6(4(1-16)19-10)20-22(17,18)21-7;/h2-4,6-7,10,16H,1H2,(H,17,18)(H2,11,12,13);/q;+1/p-1/t4-,6-,7-,10-;/m1./s1. The second kappa shape index (κ2) is 6.03. The number of nitrogens with two attached hydrogens (primary N) is 1. The molecule has 5 atom stereocenters. The molecule has 0 aromatic carbocycles. The zero-order chi connectivity index (χ0) is 15.5. The third-order valence-corrected chi connectivity index (χ3v) is 4.63. The molecule has 1 unspecified atom stereocenters. The van der Waals surface area contributed by atoms with E-state index >= 15 is 0 Å². The number of phosphoric ester groups is 1. The molecule has 2 aliphatic rings. The van der Waals surface area contributed by atoms with E-state index in [0.717, 1.165) is 0 Å². The van der Waals surface area contributed by atoms with E-state index in [1.807, 2.05) is 0 Å². The van der Waals surface area contributed by atoms with Crippen LogP contribution in [0, 0.1) is 0 Å². The maximum atomic E-state index is 11.5. The number of aromatic nitrogens is 4. The van der Waals surface area contributed by atoms with Gasteiger partial charge >= 0.3 is 29.6 Å². The number of hydrogen-bond acceptors (Lipinski definition) is 10. The predicted molar refractivity (Wildman–Crippen MR) is 68.1 cm³/mol. The van der Waals surface area contributed by atoms with Crippen molar-refractivity contribution in [2.24, 2.45) is 0 Å². The number of nitrogen functional groups attached to an aromatic ring is 1. The molecule has 0 bridgehead atoms. The Bertz CT molecular complexity index is 788. The molecule has 23 heavy (non-hydrogen) atoms. The van der Waals surface area contributed by atoms with Crippen molar-refractivity contribution in [1.29, 1.82) is 0 Å². The number of aliphatic hydroxyl groups is 1. The molecule has 0 aliphatic carbocycles. The summed E-state index contributed by atoms with van der Waals surface area (Å²) in [6.07, 6.45) is -0.906. The molecule has 118 valence electrons. The van der Waals surface area contributed by atoms with Crippen molar-refractivity contribution >= 4 is 24.8 Å².